The molecular weight excluding hydrogens is 216 g/mol. The maximum absolute atomic E-state index is 11.0. The molecule has 1 rings (SSSR count). The van der Waals surface area contributed by atoms with Crippen molar-refractivity contribution < 1.29 is 14.3 Å². The van der Waals surface area contributed by atoms with E-state index in [2.05, 4.69) is 11.3 Å². The summed E-state index contributed by atoms with van der Waals surface area (Å²) < 4.78 is 9.36. The molecule has 0 aliphatic rings. The average molecular weight is 236 g/mol. The van der Waals surface area contributed by atoms with Crippen molar-refractivity contribution in [2.24, 2.45) is 0 Å². The molecule has 0 fully saturated rings. The highest BCUT2D eigenvalue weighted by Gasteiger charge is 2.07. The first-order chi connectivity index (χ1) is 8.17. The fourth-order valence-electron chi connectivity index (χ4n) is 1.08. The number of esters is 1. The van der Waals surface area contributed by atoms with Gasteiger partial charge in [0.05, 0.1) is 12.7 Å². The van der Waals surface area contributed by atoms with Gasteiger partial charge in [0.1, 0.15) is 0 Å². The minimum absolute atomic E-state index is 0.387. The average Bonchev–Trinajstić information content (AvgIpc) is 2.39. The lowest BCUT2D eigenvalue weighted by Gasteiger charge is -2.01. The maximum Gasteiger partial charge on any atom is 0.337 e. The largest absolute Gasteiger partial charge is 0.465 e. The van der Waals surface area contributed by atoms with Crippen molar-refractivity contribution in [2.75, 3.05) is 20.3 Å². The lowest BCUT2D eigenvalue weighted by molar-refractivity contribution is -0.133. The van der Waals surface area contributed by atoms with Gasteiger partial charge in [-0.2, -0.15) is 0 Å². The van der Waals surface area contributed by atoms with E-state index in [4.69, 9.17) is 4.74 Å². The third-order valence-corrected chi connectivity index (χ3v) is 1.96. The molecule has 0 atom stereocenters. The molecule has 0 spiro atoms. The van der Waals surface area contributed by atoms with E-state index in [0.29, 0.717) is 5.57 Å². The summed E-state index contributed by atoms with van der Waals surface area (Å²) in [4.78, 5) is 11.0. The lowest BCUT2D eigenvalue weighted by Crippen LogP contribution is -2.01. The minimum atomic E-state index is -0.388. The van der Waals surface area contributed by atoms with E-state index in [1.165, 1.54) is 7.11 Å². The summed E-state index contributed by atoms with van der Waals surface area (Å²) >= 11 is 0. The molecule has 94 valence electrons. The van der Waals surface area contributed by atoms with Crippen LogP contribution < -0.4 is 0 Å². The van der Waals surface area contributed by atoms with Gasteiger partial charge in [0.25, 0.3) is 0 Å². The van der Waals surface area contributed by atoms with E-state index < -0.39 is 0 Å². The van der Waals surface area contributed by atoms with Crippen LogP contribution in [0.5, 0.6) is 0 Å². The van der Waals surface area contributed by atoms with Gasteiger partial charge in [0, 0.05) is 13.2 Å². The highest BCUT2D eigenvalue weighted by Crippen LogP contribution is 2.12. The van der Waals surface area contributed by atoms with Gasteiger partial charge in [-0.3, -0.25) is 0 Å². The third kappa shape index (κ3) is 6.53. The Balaban J connectivity index is 0.000000437. The summed E-state index contributed by atoms with van der Waals surface area (Å²) in [6, 6.07) is 9.22. The number of ether oxygens (including phenoxy) is 2. The van der Waals surface area contributed by atoms with Crippen molar-refractivity contribution in [3.8, 4) is 0 Å². The third-order valence-electron chi connectivity index (χ3n) is 1.96. The van der Waals surface area contributed by atoms with Crippen molar-refractivity contribution in [3.05, 3.63) is 42.5 Å². The second kappa shape index (κ2) is 9.60. The topological polar surface area (TPSA) is 35.5 Å². The number of hydrogen-bond donors (Lipinski definition) is 0. The van der Waals surface area contributed by atoms with Crippen molar-refractivity contribution in [2.45, 2.75) is 13.8 Å². The molecule has 0 amide bonds. The summed E-state index contributed by atoms with van der Waals surface area (Å²) in [5.41, 5.74) is 1.18. The van der Waals surface area contributed by atoms with E-state index in [0.717, 1.165) is 18.8 Å². The normalized spacial score (nSPS) is 8.88. The molecule has 0 unspecified atom stereocenters. The lowest BCUT2D eigenvalue weighted by atomic mass is 10.1. The summed E-state index contributed by atoms with van der Waals surface area (Å²) in [6.07, 6.45) is 0. The first-order valence-electron chi connectivity index (χ1n) is 5.57. The fraction of sp³-hybridized carbons (Fsp3) is 0.357. The Hall–Kier alpha value is -1.61. The van der Waals surface area contributed by atoms with Crippen LogP contribution in [-0.2, 0) is 14.3 Å². The molecule has 0 saturated carbocycles. The highest BCUT2D eigenvalue weighted by atomic mass is 16.5. The molecule has 3 nitrogen and oxygen atoms in total. The van der Waals surface area contributed by atoms with Crippen molar-refractivity contribution >= 4 is 11.5 Å². The van der Waals surface area contributed by atoms with Crippen LogP contribution in [0.1, 0.15) is 19.4 Å². The summed E-state index contributed by atoms with van der Waals surface area (Å²) in [5.74, 6) is -0.388. The molecule has 0 N–H and O–H groups in total. The molecular formula is C14H20O3. The Morgan fingerprint density at radius 2 is 1.71 bits per heavy atom. The molecule has 0 aliphatic carbocycles. The minimum Gasteiger partial charge on any atom is -0.465 e. The van der Waals surface area contributed by atoms with Gasteiger partial charge in [0.2, 0.25) is 0 Å². The zero-order valence-corrected chi connectivity index (χ0v) is 10.7. The van der Waals surface area contributed by atoms with Gasteiger partial charge < -0.3 is 9.47 Å². The number of benzene rings is 1. The Labute approximate surface area is 103 Å². The van der Waals surface area contributed by atoms with E-state index in [-0.39, 0.29) is 5.97 Å². The summed E-state index contributed by atoms with van der Waals surface area (Å²) in [5, 5.41) is 0. The van der Waals surface area contributed by atoms with Gasteiger partial charge in [-0.25, -0.2) is 4.79 Å². The second-order valence-electron chi connectivity index (χ2n) is 3.12. The fourth-order valence-corrected chi connectivity index (χ4v) is 1.08. The van der Waals surface area contributed by atoms with Gasteiger partial charge in [-0.1, -0.05) is 36.9 Å². The molecule has 1 aromatic carbocycles. The summed E-state index contributed by atoms with van der Waals surface area (Å²) in [6.45, 7) is 9.29. The predicted octanol–water partition coefficient (Wildman–Crippen LogP) is 2.92. The Bertz CT molecular complexity index is 329. The number of hydrogen-bond acceptors (Lipinski definition) is 3. The number of carbonyl (C=O) groups is 1. The van der Waals surface area contributed by atoms with E-state index in [1.807, 2.05) is 44.2 Å². The number of rotatable bonds is 4. The van der Waals surface area contributed by atoms with E-state index >= 15 is 0 Å². The van der Waals surface area contributed by atoms with E-state index in [9.17, 15) is 4.79 Å². The van der Waals surface area contributed by atoms with Crippen LogP contribution in [-0.4, -0.2) is 26.3 Å². The van der Waals surface area contributed by atoms with Crippen LogP contribution in [0.4, 0.5) is 0 Å². The molecule has 17 heavy (non-hydrogen) atoms. The zero-order chi connectivity index (χ0) is 13.1. The van der Waals surface area contributed by atoms with Gasteiger partial charge in [0.15, 0.2) is 0 Å². The second-order valence-corrected chi connectivity index (χ2v) is 3.12. The molecule has 0 heterocycles. The zero-order valence-electron chi connectivity index (χ0n) is 10.7. The van der Waals surface area contributed by atoms with E-state index in [1.54, 1.807) is 0 Å². The van der Waals surface area contributed by atoms with Crippen LogP contribution in [0.2, 0.25) is 0 Å². The van der Waals surface area contributed by atoms with Gasteiger partial charge >= 0.3 is 5.97 Å². The predicted molar refractivity (Wildman–Crippen MR) is 69.7 cm³/mol. The molecule has 0 aromatic heterocycles. The number of methoxy groups -OCH3 is 1. The van der Waals surface area contributed by atoms with Crippen molar-refractivity contribution in [1.82, 2.24) is 0 Å². The smallest absolute Gasteiger partial charge is 0.337 e. The molecule has 0 aliphatic heterocycles. The van der Waals surface area contributed by atoms with Crippen LogP contribution in [0.3, 0.4) is 0 Å². The van der Waals surface area contributed by atoms with Crippen LogP contribution >= 0.6 is 0 Å². The molecule has 0 saturated heterocycles. The highest BCUT2D eigenvalue weighted by molar-refractivity contribution is 6.15. The Morgan fingerprint density at radius 3 is 2.06 bits per heavy atom. The number of carbonyl (C=O) groups excluding carboxylic acids is 1. The monoisotopic (exact) mass is 236 g/mol. The van der Waals surface area contributed by atoms with Crippen molar-refractivity contribution in [3.63, 3.8) is 0 Å². The van der Waals surface area contributed by atoms with Crippen LogP contribution in [0.15, 0.2) is 36.9 Å². The molecule has 1 aromatic rings. The first kappa shape index (κ1) is 15.4. The Morgan fingerprint density at radius 1 is 1.18 bits per heavy atom. The van der Waals surface area contributed by atoms with Gasteiger partial charge in [-0.05, 0) is 19.4 Å². The van der Waals surface area contributed by atoms with Crippen molar-refractivity contribution in [1.29, 1.82) is 0 Å². The summed E-state index contributed by atoms with van der Waals surface area (Å²) in [7, 11) is 1.34. The quantitative estimate of drug-likeness (QED) is 0.595. The molecule has 0 bridgehead atoms. The van der Waals surface area contributed by atoms with Crippen LogP contribution in [0.25, 0.3) is 5.57 Å². The SMILES string of the molecule is C=C(C(=O)OC)c1ccccc1.CCOCC. The Kier molecular flexibility index (Phi) is 8.69. The maximum atomic E-state index is 11.0. The van der Waals surface area contributed by atoms with Gasteiger partial charge in [-0.15, -0.1) is 0 Å². The molecule has 3 heteroatoms. The van der Waals surface area contributed by atoms with Crippen LogP contribution in [0, 0.1) is 0 Å². The molecule has 0 radical (unpaired) electrons. The first-order valence-corrected chi connectivity index (χ1v) is 5.57. The standard InChI is InChI=1S/C10H10O2.C4H10O/c1-8(10(11)12-2)9-6-4-3-5-7-9;1-3-5-4-2/h3-7H,1H2,2H3;3-4H2,1-2H3.